The van der Waals surface area contributed by atoms with Gasteiger partial charge >= 0.3 is 0 Å². The predicted octanol–water partition coefficient (Wildman–Crippen LogP) is -0.0734. The molecule has 0 aromatic heterocycles. The molecule has 2 aliphatic rings. The van der Waals surface area contributed by atoms with Crippen molar-refractivity contribution in [2.75, 3.05) is 52.6 Å². The van der Waals surface area contributed by atoms with Gasteiger partial charge in [0.2, 0.25) is 17.7 Å². The monoisotopic (exact) mass is 478 g/mol. The quantitative estimate of drug-likeness (QED) is 0.628. The molecule has 34 heavy (non-hydrogen) atoms. The van der Waals surface area contributed by atoms with Gasteiger partial charge in [-0.15, -0.1) is 0 Å². The lowest BCUT2D eigenvalue weighted by Crippen LogP contribution is -2.63. The van der Waals surface area contributed by atoms with E-state index < -0.39 is 23.8 Å². The zero-order valence-corrected chi connectivity index (χ0v) is 19.3. The number of carbonyl (C=O) groups is 4. The van der Waals surface area contributed by atoms with E-state index in [9.17, 15) is 23.6 Å². The molecule has 10 nitrogen and oxygen atoms in total. The van der Waals surface area contributed by atoms with Crippen molar-refractivity contribution in [2.45, 2.75) is 31.8 Å². The molecule has 11 heteroatoms. The highest BCUT2D eigenvalue weighted by molar-refractivity contribution is 5.96. The lowest BCUT2D eigenvalue weighted by atomic mass is 10.1. The minimum absolute atomic E-state index is 0.0582. The van der Waals surface area contributed by atoms with E-state index in [1.165, 1.54) is 34.1 Å². The molecule has 3 rings (SSSR count). The second-order valence-corrected chi connectivity index (χ2v) is 8.17. The Morgan fingerprint density at radius 2 is 1.79 bits per heavy atom. The van der Waals surface area contributed by atoms with Gasteiger partial charge in [0.25, 0.3) is 5.91 Å². The highest BCUT2D eigenvalue weighted by atomic mass is 19.1. The van der Waals surface area contributed by atoms with Crippen molar-refractivity contribution >= 4 is 23.6 Å². The highest BCUT2D eigenvalue weighted by Crippen LogP contribution is 2.16. The molecule has 2 saturated heterocycles. The molecule has 1 aromatic carbocycles. The van der Waals surface area contributed by atoms with Crippen LogP contribution < -0.4 is 10.6 Å². The number of rotatable bonds is 3. The first-order valence-electron chi connectivity index (χ1n) is 11.5. The first-order valence-corrected chi connectivity index (χ1v) is 11.5. The molecule has 2 aliphatic heterocycles. The standard InChI is InChI=1S/C23H31FN4O6/c1-2-3-18-21(30)25-8-11-33-12-13-34-15-20(29)28-10-9-27(14-19(28)22(31)26-18)23(32)16-4-6-17(24)7-5-16/h4-7,18-19H,2-3,8-15H2,1H3,(H,25,30)(H,26,31)/t18-,19+/m1/s1. The minimum Gasteiger partial charge on any atom is -0.377 e. The summed E-state index contributed by atoms with van der Waals surface area (Å²) >= 11 is 0. The van der Waals surface area contributed by atoms with E-state index in [0.717, 1.165) is 0 Å². The van der Waals surface area contributed by atoms with Crippen molar-refractivity contribution in [2.24, 2.45) is 0 Å². The van der Waals surface area contributed by atoms with E-state index in [4.69, 9.17) is 9.47 Å². The molecule has 1 aromatic rings. The van der Waals surface area contributed by atoms with Crippen molar-refractivity contribution in [3.05, 3.63) is 35.6 Å². The van der Waals surface area contributed by atoms with Gasteiger partial charge in [-0.1, -0.05) is 13.3 Å². The fraction of sp³-hybridized carbons (Fsp3) is 0.565. The van der Waals surface area contributed by atoms with Crippen LogP contribution in [0.4, 0.5) is 4.39 Å². The van der Waals surface area contributed by atoms with Gasteiger partial charge in [0.05, 0.1) is 26.4 Å². The number of halogens is 1. The molecule has 2 atom stereocenters. The number of nitrogens with one attached hydrogen (secondary N) is 2. The Morgan fingerprint density at radius 3 is 2.53 bits per heavy atom. The number of hydrogen-bond acceptors (Lipinski definition) is 6. The van der Waals surface area contributed by atoms with E-state index in [0.29, 0.717) is 12.8 Å². The van der Waals surface area contributed by atoms with Crippen LogP contribution in [-0.4, -0.2) is 98.1 Å². The Morgan fingerprint density at radius 1 is 1.06 bits per heavy atom. The summed E-state index contributed by atoms with van der Waals surface area (Å²) in [6, 6.07) is 3.37. The Hall–Kier alpha value is -3.05. The van der Waals surface area contributed by atoms with E-state index in [1.807, 2.05) is 6.92 Å². The average Bonchev–Trinajstić information content (AvgIpc) is 2.84. The maximum Gasteiger partial charge on any atom is 0.254 e. The number of piperazine rings is 1. The molecule has 0 radical (unpaired) electrons. The third kappa shape index (κ3) is 6.73. The molecule has 0 spiro atoms. The molecule has 2 N–H and O–H groups in total. The molecule has 0 bridgehead atoms. The lowest BCUT2D eigenvalue weighted by Gasteiger charge is -2.41. The summed E-state index contributed by atoms with van der Waals surface area (Å²) in [7, 11) is 0. The number of ether oxygens (including phenoxy) is 2. The van der Waals surface area contributed by atoms with Gasteiger partial charge in [-0.05, 0) is 30.7 Å². The smallest absolute Gasteiger partial charge is 0.254 e. The average molecular weight is 479 g/mol. The van der Waals surface area contributed by atoms with Gasteiger partial charge in [-0.2, -0.15) is 0 Å². The Balaban J connectivity index is 1.81. The predicted molar refractivity (Wildman–Crippen MR) is 119 cm³/mol. The first-order chi connectivity index (χ1) is 16.4. The number of carbonyl (C=O) groups excluding carboxylic acids is 4. The normalized spacial score (nSPS) is 23.3. The van der Waals surface area contributed by atoms with Crippen LogP contribution >= 0.6 is 0 Å². The summed E-state index contributed by atoms with van der Waals surface area (Å²) in [5, 5.41) is 5.50. The SMILES string of the molecule is CCC[C@H]1NC(=O)[C@@H]2CN(C(=O)c3ccc(F)cc3)CCN2C(=O)COCCOCCNC1=O. The highest BCUT2D eigenvalue weighted by Gasteiger charge is 2.38. The molecule has 2 fully saturated rings. The largest absolute Gasteiger partial charge is 0.377 e. The van der Waals surface area contributed by atoms with Crippen LogP contribution in [0.1, 0.15) is 30.1 Å². The summed E-state index contributed by atoms with van der Waals surface area (Å²) in [6.45, 7) is 2.96. The Labute approximate surface area is 197 Å². The van der Waals surface area contributed by atoms with Crippen LogP contribution in [0.15, 0.2) is 24.3 Å². The second kappa shape index (κ2) is 12.4. The molecule has 0 aliphatic carbocycles. The van der Waals surface area contributed by atoms with E-state index in [-0.39, 0.29) is 75.9 Å². The fourth-order valence-corrected chi connectivity index (χ4v) is 3.92. The topological polar surface area (TPSA) is 117 Å². The van der Waals surface area contributed by atoms with Crippen molar-refractivity contribution < 1.29 is 33.0 Å². The summed E-state index contributed by atoms with van der Waals surface area (Å²) in [5.41, 5.74) is 0.283. The summed E-state index contributed by atoms with van der Waals surface area (Å²) in [4.78, 5) is 54.5. The van der Waals surface area contributed by atoms with Crippen molar-refractivity contribution in [1.82, 2.24) is 20.4 Å². The zero-order valence-electron chi connectivity index (χ0n) is 19.3. The zero-order chi connectivity index (χ0) is 24.5. The summed E-state index contributed by atoms with van der Waals surface area (Å²) in [6.07, 6.45) is 1.08. The molecule has 0 saturated carbocycles. The third-order valence-corrected chi connectivity index (χ3v) is 5.74. The number of nitrogens with zero attached hydrogens (tertiary/aromatic N) is 2. The maximum absolute atomic E-state index is 13.3. The summed E-state index contributed by atoms with van der Waals surface area (Å²) in [5.74, 6) is -2.08. The van der Waals surface area contributed by atoms with Crippen LogP contribution in [0.25, 0.3) is 0 Å². The minimum atomic E-state index is -0.997. The van der Waals surface area contributed by atoms with Gasteiger partial charge in [-0.3, -0.25) is 19.2 Å². The number of benzene rings is 1. The maximum atomic E-state index is 13.3. The van der Waals surface area contributed by atoms with Crippen LogP contribution in [0, 0.1) is 5.82 Å². The fourth-order valence-electron chi connectivity index (χ4n) is 3.92. The van der Waals surface area contributed by atoms with Crippen molar-refractivity contribution in [1.29, 1.82) is 0 Å². The Kier molecular flexibility index (Phi) is 9.34. The molecular formula is C23H31FN4O6. The van der Waals surface area contributed by atoms with E-state index >= 15 is 0 Å². The third-order valence-electron chi connectivity index (χ3n) is 5.74. The molecular weight excluding hydrogens is 447 g/mol. The van der Waals surface area contributed by atoms with Gasteiger partial charge < -0.3 is 29.9 Å². The summed E-state index contributed by atoms with van der Waals surface area (Å²) < 4.78 is 24.0. The van der Waals surface area contributed by atoms with Crippen LogP contribution in [0.2, 0.25) is 0 Å². The van der Waals surface area contributed by atoms with Gasteiger partial charge in [-0.25, -0.2) is 4.39 Å². The van der Waals surface area contributed by atoms with Crippen molar-refractivity contribution in [3.63, 3.8) is 0 Å². The molecule has 4 amide bonds. The number of amides is 4. The van der Waals surface area contributed by atoms with Gasteiger partial charge in [0.15, 0.2) is 0 Å². The number of fused-ring (bicyclic) bond motifs is 1. The Bertz CT molecular complexity index is 881. The van der Waals surface area contributed by atoms with Crippen LogP contribution in [-0.2, 0) is 23.9 Å². The van der Waals surface area contributed by atoms with E-state index in [2.05, 4.69) is 10.6 Å². The second-order valence-electron chi connectivity index (χ2n) is 8.17. The van der Waals surface area contributed by atoms with Gasteiger partial charge in [0.1, 0.15) is 24.5 Å². The molecule has 0 unspecified atom stereocenters. The van der Waals surface area contributed by atoms with E-state index in [1.54, 1.807) is 0 Å². The van der Waals surface area contributed by atoms with Gasteiger partial charge in [0, 0.05) is 25.2 Å². The van der Waals surface area contributed by atoms with Crippen LogP contribution in [0.3, 0.4) is 0 Å². The van der Waals surface area contributed by atoms with Crippen molar-refractivity contribution in [3.8, 4) is 0 Å². The molecule has 2 heterocycles. The lowest BCUT2D eigenvalue weighted by molar-refractivity contribution is -0.147. The number of hydrogen-bond donors (Lipinski definition) is 2. The first kappa shape index (κ1) is 25.6. The molecule has 186 valence electrons. The van der Waals surface area contributed by atoms with Crippen LogP contribution in [0.5, 0.6) is 0 Å².